The number of carboxylic acid groups (broad SMARTS) is 1. The number of halogens is 3. The number of carbonyl (C=O) groups is 1. The van der Waals surface area contributed by atoms with E-state index >= 15 is 0 Å². The van der Waals surface area contributed by atoms with Crippen LogP contribution in [-0.4, -0.2) is 58.2 Å². The summed E-state index contributed by atoms with van der Waals surface area (Å²) < 4.78 is 0. The number of carboxylic acids is 1. The van der Waals surface area contributed by atoms with Crippen molar-refractivity contribution in [1.82, 2.24) is 14.9 Å². The Labute approximate surface area is 220 Å². The Hall–Kier alpha value is -1.80. The summed E-state index contributed by atoms with van der Waals surface area (Å²) in [6, 6.07) is 5.78. The van der Waals surface area contributed by atoms with Gasteiger partial charge in [-0.1, -0.05) is 40.9 Å². The molecule has 3 fully saturated rings. The van der Waals surface area contributed by atoms with Gasteiger partial charge in [0.1, 0.15) is 5.02 Å². The molecule has 2 aliphatic heterocycles. The maximum atomic E-state index is 11.2. The Kier molecular flexibility index (Phi) is 7.31. The minimum Gasteiger partial charge on any atom is -0.481 e. The fourth-order valence-corrected chi connectivity index (χ4v) is 6.28. The van der Waals surface area contributed by atoms with Gasteiger partial charge in [0.2, 0.25) is 5.95 Å². The van der Waals surface area contributed by atoms with Gasteiger partial charge in [-0.25, -0.2) is 4.98 Å². The van der Waals surface area contributed by atoms with E-state index in [1.54, 1.807) is 12.3 Å². The zero-order valence-corrected chi connectivity index (χ0v) is 21.9. The van der Waals surface area contributed by atoms with E-state index < -0.39 is 5.97 Å². The second-order valence-corrected chi connectivity index (χ2v) is 11.4. The number of piperidine rings is 1. The van der Waals surface area contributed by atoms with Crippen molar-refractivity contribution in [3.05, 3.63) is 45.0 Å². The van der Waals surface area contributed by atoms with Crippen molar-refractivity contribution in [1.29, 1.82) is 0 Å². The minimum absolute atomic E-state index is 0.107. The van der Waals surface area contributed by atoms with Crippen LogP contribution in [0.1, 0.15) is 44.2 Å². The van der Waals surface area contributed by atoms with E-state index in [0.717, 1.165) is 44.6 Å². The molecule has 1 aromatic carbocycles. The van der Waals surface area contributed by atoms with Gasteiger partial charge in [-0.15, -0.1) is 0 Å². The summed E-state index contributed by atoms with van der Waals surface area (Å²) in [5.74, 6) is 1.71. The number of benzene rings is 1. The van der Waals surface area contributed by atoms with Gasteiger partial charge in [0.15, 0.2) is 5.82 Å². The molecule has 10 heteroatoms. The van der Waals surface area contributed by atoms with Gasteiger partial charge in [0, 0.05) is 35.7 Å². The lowest BCUT2D eigenvalue weighted by Crippen LogP contribution is -2.56. The van der Waals surface area contributed by atoms with Gasteiger partial charge >= 0.3 is 5.97 Å². The van der Waals surface area contributed by atoms with Crippen LogP contribution in [0.2, 0.25) is 15.1 Å². The fourth-order valence-electron chi connectivity index (χ4n) is 5.57. The molecule has 2 N–H and O–H groups in total. The Morgan fingerprint density at radius 2 is 1.91 bits per heavy atom. The molecule has 0 amide bonds. The maximum absolute atomic E-state index is 11.2. The highest BCUT2D eigenvalue weighted by molar-refractivity contribution is 6.35. The summed E-state index contributed by atoms with van der Waals surface area (Å²) in [7, 11) is 0. The van der Waals surface area contributed by atoms with E-state index in [0.29, 0.717) is 44.7 Å². The predicted molar refractivity (Wildman–Crippen MR) is 140 cm³/mol. The molecular formula is C25H30Cl3N5O2. The highest BCUT2D eigenvalue weighted by Crippen LogP contribution is 2.38. The van der Waals surface area contributed by atoms with Crippen LogP contribution >= 0.6 is 34.8 Å². The van der Waals surface area contributed by atoms with Crippen molar-refractivity contribution in [2.45, 2.75) is 44.7 Å². The maximum Gasteiger partial charge on any atom is 0.306 e. The normalized spacial score (nSPS) is 26.1. The summed E-state index contributed by atoms with van der Waals surface area (Å²) in [5, 5.41) is 14.2. The van der Waals surface area contributed by atoms with Crippen molar-refractivity contribution in [3.8, 4) is 0 Å². The van der Waals surface area contributed by atoms with Crippen LogP contribution in [0.3, 0.4) is 0 Å². The number of aromatic nitrogens is 2. The molecule has 1 aliphatic carbocycles. The van der Waals surface area contributed by atoms with Crippen LogP contribution in [0.5, 0.6) is 0 Å². The number of likely N-dealkylation sites (tertiary alicyclic amines) is 1. The van der Waals surface area contributed by atoms with E-state index in [9.17, 15) is 9.90 Å². The summed E-state index contributed by atoms with van der Waals surface area (Å²) in [4.78, 5) is 25.1. The average Bonchev–Trinajstić information content (AvgIpc) is 2.74. The predicted octanol–water partition coefficient (Wildman–Crippen LogP) is 5.62. The number of nitrogens with one attached hydrogen (secondary N) is 1. The van der Waals surface area contributed by atoms with E-state index in [4.69, 9.17) is 39.8 Å². The monoisotopic (exact) mass is 537 g/mol. The Balaban J connectivity index is 1.17. The second kappa shape index (κ2) is 10.3. The summed E-state index contributed by atoms with van der Waals surface area (Å²) in [6.45, 7) is 6.03. The second-order valence-electron chi connectivity index (χ2n) is 10.1. The molecule has 35 heavy (non-hydrogen) atoms. The lowest BCUT2D eigenvalue weighted by Gasteiger charge is -2.50. The number of nitrogens with zero attached hydrogens (tertiary/aromatic N) is 4. The molecule has 2 atom stereocenters. The Morgan fingerprint density at radius 1 is 1.14 bits per heavy atom. The molecular weight excluding hydrogens is 509 g/mol. The zero-order chi connectivity index (χ0) is 24.7. The lowest BCUT2D eigenvalue weighted by molar-refractivity contribution is -0.147. The van der Waals surface area contributed by atoms with Gasteiger partial charge < -0.3 is 20.2 Å². The molecule has 7 nitrogen and oxygen atoms in total. The van der Waals surface area contributed by atoms with Crippen LogP contribution in [0.15, 0.2) is 24.4 Å². The van der Waals surface area contributed by atoms with Gasteiger partial charge in [0.25, 0.3) is 0 Å². The molecule has 3 aliphatic rings. The van der Waals surface area contributed by atoms with Crippen molar-refractivity contribution in [2.24, 2.45) is 17.8 Å². The SMILES string of the molecule is CC(Nc1nc(N2CC(C3CCCN(C4CC(C(=O)O)C4)C3)C2)ncc1Cl)c1ccc(Cl)cc1Cl. The standard InChI is InChI=1S/C25H30Cl3N5O2/c1-14(20-5-4-18(26)9-21(20)27)30-23-22(28)10-29-25(31-23)33-12-17(13-33)15-3-2-6-32(11-15)19-7-16(8-19)24(34)35/h4-5,9-10,14-17,19H,2-3,6-8,11-13H2,1H3,(H,34,35)(H,29,30,31). The smallest absolute Gasteiger partial charge is 0.306 e. The third-order valence-electron chi connectivity index (χ3n) is 7.84. The number of hydrogen-bond acceptors (Lipinski definition) is 6. The minimum atomic E-state index is -0.646. The molecule has 0 bridgehead atoms. The first-order valence-electron chi connectivity index (χ1n) is 12.2. The lowest BCUT2D eigenvalue weighted by atomic mass is 9.76. The Morgan fingerprint density at radius 3 is 2.63 bits per heavy atom. The van der Waals surface area contributed by atoms with Crippen molar-refractivity contribution in [3.63, 3.8) is 0 Å². The third-order valence-corrected chi connectivity index (χ3v) is 8.68. The number of hydrogen-bond donors (Lipinski definition) is 2. The molecule has 5 rings (SSSR count). The van der Waals surface area contributed by atoms with E-state index in [1.807, 2.05) is 19.1 Å². The average molecular weight is 539 g/mol. The number of rotatable bonds is 7. The number of aliphatic carboxylic acids is 1. The van der Waals surface area contributed by atoms with Crippen LogP contribution in [0.4, 0.5) is 11.8 Å². The van der Waals surface area contributed by atoms with Crippen LogP contribution in [-0.2, 0) is 4.79 Å². The van der Waals surface area contributed by atoms with E-state index in [2.05, 4.69) is 20.1 Å². The van der Waals surface area contributed by atoms with Crippen molar-refractivity contribution >= 4 is 52.5 Å². The summed E-state index contributed by atoms with van der Waals surface area (Å²) in [6.07, 6.45) is 5.66. The highest BCUT2D eigenvalue weighted by atomic mass is 35.5. The van der Waals surface area contributed by atoms with Crippen LogP contribution < -0.4 is 10.2 Å². The van der Waals surface area contributed by atoms with Gasteiger partial charge in [0.05, 0.1) is 18.2 Å². The number of anilines is 2. The first-order valence-corrected chi connectivity index (χ1v) is 13.4. The fraction of sp³-hybridized carbons (Fsp3) is 0.560. The molecule has 2 saturated heterocycles. The first kappa shape index (κ1) is 24.9. The van der Waals surface area contributed by atoms with Crippen LogP contribution in [0, 0.1) is 17.8 Å². The van der Waals surface area contributed by atoms with Gasteiger partial charge in [-0.2, -0.15) is 4.98 Å². The molecule has 1 saturated carbocycles. The molecule has 0 radical (unpaired) electrons. The van der Waals surface area contributed by atoms with Gasteiger partial charge in [-0.05, 0) is 68.7 Å². The molecule has 2 aromatic rings. The molecule has 188 valence electrons. The zero-order valence-electron chi connectivity index (χ0n) is 19.6. The van der Waals surface area contributed by atoms with Crippen LogP contribution in [0.25, 0.3) is 0 Å². The quantitative estimate of drug-likeness (QED) is 0.473. The van der Waals surface area contributed by atoms with E-state index in [1.165, 1.54) is 12.8 Å². The first-order chi connectivity index (χ1) is 16.8. The molecule has 2 unspecified atom stereocenters. The molecule has 1 aromatic heterocycles. The Bertz CT molecular complexity index is 1090. The molecule has 3 heterocycles. The summed E-state index contributed by atoms with van der Waals surface area (Å²) in [5.41, 5.74) is 0.916. The molecule has 0 spiro atoms. The van der Waals surface area contributed by atoms with Crippen molar-refractivity contribution < 1.29 is 9.90 Å². The van der Waals surface area contributed by atoms with Gasteiger partial charge in [-0.3, -0.25) is 4.79 Å². The van der Waals surface area contributed by atoms with Crippen molar-refractivity contribution in [2.75, 3.05) is 36.4 Å². The summed E-state index contributed by atoms with van der Waals surface area (Å²) >= 11 is 18.8. The topological polar surface area (TPSA) is 81.6 Å². The van der Waals surface area contributed by atoms with E-state index in [-0.39, 0.29) is 12.0 Å². The third kappa shape index (κ3) is 5.33. The highest BCUT2D eigenvalue weighted by Gasteiger charge is 2.42. The largest absolute Gasteiger partial charge is 0.481 e.